The molecule has 0 fully saturated rings. The van der Waals surface area contributed by atoms with Crippen molar-refractivity contribution in [1.29, 1.82) is 0 Å². The normalized spacial score (nSPS) is 14.3. The van der Waals surface area contributed by atoms with Gasteiger partial charge < -0.3 is 34.5 Å². The molecule has 0 aliphatic carbocycles. The number of carboxylic acids is 1. The first-order chi connectivity index (χ1) is 18.6. The second-order valence-electron chi connectivity index (χ2n) is 11.2. The van der Waals surface area contributed by atoms with Crippen LogP contribution in [0.15, 0.2) is 18.2 Å². The molecule has 11 nitrogen and oxygen atoms in total. The molecule has 0 radical (unpaired) electrons. The van der Waals surface area contributed by atoms with Gasteiger partial charge in [-0.25, -0.2) is 9.59 Å². The van der Waals surface area contributed by atoms with Crippen molar-refractivity contribution in [2.45, 2.75) is 86.3 Å². The monoisotopic (exact) mass is 567 g/mol. The predicted octanol–water partition coefficient (Wildman–Crippen LogP) is 5.53. The van der Waals surface area contributed by atoms with Crippen LogP contribution in [0.5, 0.6) is 11.5 Å². The van der Waals surface area contributed by atoms with Crippen molar-refractivity contribution in [2.24, 2.45) is 29.4 Å². The molecule has 0 spiro atoms. The largest absolute Gasteiger partial charge is 0.513 e. The first-order valence-corrected chi connectivity index (χ1v) is 13.6. The van der Waals surface area contributed by atoms with E-state index in [0.29, 0.717) is 17.9 Å². The fourth-order valence-electron chi connectivity index (χ4n) is 3.67. The number of benzene rings is 1. The highest BCUT2D eigenvalue weighted by Gasteiger charge is 2.36. The predicted molar refractivity (Wildman–Crippen MR) is 147 cm³/mol. The van der Waals surface area contributed by atoms with Crippen LogP contribution in [-0.4, -0.2) is 54.7 Å². The van der Waals surface area contributed by atoms with E-state index in [9.17, 15) is 24.3 Å². The van der Waals surface area contributed by atoms with E-state index >= 15 is 0 Å². The quantitative estimate of drug-likeness (QED) is 0.156. The molecule has 0 aliphatic rings. The summed E-state index contributed by atoms with van der Waals surface area (Å²) in [4.78, 5) is 48.9. The van der Waals surface area contributed by atoms with Crippen LogP contribution in [0.3, 0.4) is 0 Å². The third kappa shape index (κ3) is 12.2. The van der Waals surface area contributed by atoms with Crippen LogP contribution in [0.2, 0.25) is 0 Å². The van der Waals surface area contributed by atoms with Crippen LogP contribution in [0.25, 0.3) is 0 Å². The zero-order valence-corrected chi connectivity index (χ0v) is 24.8. The summed E-state index contributed by atoms with van der Waals surface area (Å²) in [6.45, 7) is 15.0. The number of rotatable bonds is 15. The topological polar surface area (TPSA) is 161 Å². The van der Waals surface area contributed by atoms with Crippen LogP contribution in [-0.2, 0) is 23.8 Å². The van der Waals surface area contributed by atoms with Crippen molar-refractivity contribution in [1.82, 2.24) is 0 Å². The molecule has 0 saturated heterocycles. The van der Waals surface area contributed by atoms with Gasteiger partial charge in [-0.05, 0) is 48.8 Å². The summed E-state index contributed by atoms with van der Waals surface area (Å²) in [5, 5.41) is 9.76. The zero-order chi connectivity index (χ0) is 30.6. The van der Waals surface area contributed by atoms with Gasteiger partial charge in [0.05, 0.1) is 13.2 Å². The maximum Gasteiger partial charge on any atom is 0.513 e. The lowest BCUT2D eigenvalue weighted by Gasteiger charge is -2.32. The minimum Gasteiger partial charge on any atom is -0.480 e. The van der Waals surface area contributed by atoms with E-state index in [-0.39, 0.29) is 43.0 Å². The van der Waals surface area contributed by atoms with Gasteiger partial charge in [0.15, 0.2) is 11.5 Å². The van der Waals surface area contributed by atoms with Gasteiger partial charge >= 0.3 is 24.2 Å². The molecule has 4 atom stereocenters. The SMILES string of the molecule is CC(C)CCC(=O)OC(C)C(C)C(c1ccc(OC(=O)OCC(C)C)c(OC(=O)OCC(C)C)c1)[C@H](N)C(=O)O. The van der Waals surface area contributed by atoms with E-state index in [1.807, 2.05) is 41.5 Å². The van der Waals surface area contributed by atoms with Crippen LogP contribution in [0, 0.1) is 23.7 Å². The molecule has 0 aromatic heterocycles. The van der Waals surface area contributed by atoms with Gasteiger partial charge in [0.2, 0.25) is 0 Å². The molecule has 3 N–H and O–H groups in total. The lowest BCUT2D eigenvalue weighted by molar-refractivity contribution is -0.151. The Morgan fingerprint density at radius 1 is 0.800 bits per heavy atom. The minimum absolute atomic E-state index is 0.0455. The number of carbonyl (C=O) groups excluding carboxylic acids is 3. The highest BCUT2D eigenvalue weighted by atomic mass is 16.7. The summed E-state index contributed by atoms with van der Waals surface area (Å²) in [6, 6.07) is 2.83. The number of hydrogen-bond acceptors (Lipinski definition) is 10. The Bertz CT molecular complexity index is 991. The molecule has 0 saturated carbocycles. The molecule has 1 aromatic carbocycles. The smallest absolute Gasteiger partial charge is 0.480 e. The number of esters is 1. The van der Waals surface area contributed by atoms with Crippen LogP contribution < -0.4 is 15.2 Å². The number of nitrogens with two attached hydrogens (primary N) is 1. The molecular weight excluding hydrogens is 522 g/mol. The lowest BCUT2D eigenvalue weighted by Crippen LogP contribution is -2.42. The second kappa shape index (κ2) is 16.7. The van der Waals surface area contributed by atoms with Crippen molar-refractivity contribution in [3.8, 4) is 11.5 Å². The highest BCUT2D eigenvalue weighted by molar-refractivity contribution is 5.75. The Kier molecular flexibility index (Phi) is 14.5. The first-order valence-electron chi connectivity index (χ1n) is 13.6. The summed E-state index contributed by atoms with van der Waals surface area (Å²) in [5.74, 6) is -2.99. The molecule has 0 aliphatic heterocycles. The van der Waals surface area contributed by atoms with Crippen molar-refractivity contribution in [3.05, 3.63) is 23.8 Å². The van der Waals surface area contributed by atoms with E-state index in [0.717, 1.165) is 0 Å². The Morgan fingerprint density at radius 3 is 1.80 bits per heavy atom. The van der Waals surface area contributed by atoms with Gasteiger partial charge in [-0.3, -0.25) is 9.59 Å². The molecule has 3 unspecified atom stereocenters. The summed E-state index contributed by atoms with van der Waals surface area (Å²) >= 11 is 0. The van der Waals surface area contributed by atoms with Crippen molar-refractivity contribution < 1.29 is 48.0 Å². The molecule has 11 heteroatoms. The molecule has 40 heavy (non-hydrogen) atoms. The average molecular weight is 568 g/mol. The molecule has 0 amide bonds. The zero-order valence-electron chi connectivity index (χ0n) is 24.8. The van der Waals surface area contributed by atoms with E-state index in [2.05, 4.69) is 0 Å². The number of carboxylic acid groups (broad SMARTS) is 1. The summed E-state index contributed by atoms with van der Waals surface area (Å²) < 4.78 is 26.3. The maximum absolute atomic E-state index is 12.4. The van der Waals surface area contributed by atoms with Crippen LogP contribution >= 0.6 is 0 Å². The van der Waals surface area contributed by atoms with E-state index in [4.69, 9.17) is 29.4 Å². The first kappa shape index (κ1) is 34.7. The Hall–Kier alpha value is -3.34. The maximum atomic E-state index is 12.4. The molecule has 1 aromatic rings. The van der Waals surface area contributed by atoms with E-state index in [1.54, 1.807) is 13.8 Å². The number of aliphatic carboxylic acids is 1. The standard InChI is InChI=1S/C29H45NO10/c1-16(2)9-12-24(31)38-20(8)19(7)25(26(30)27(32)33)21-10-11-22(39-28(34)36-14-17(3)4)23(13-21)40-29(35)37-15-18(5)6/h10-11,13,16-20,25-26H,9,12,14-15,30H2,1-8H3,(H,32,33)/t19?,20?,25?,26-/m0/s1. The van der Waals surface area contributed by atoms with Gasteiger partial charge in [-0.15, -0.1) is 0 Å². The summed E-state index contributed by atoms with van der Waals surface area (Å²) in [7, 11) is 0. The second-order valence-corrected chi connectivity index (χ2v) is 11.2. The van der Waals surface area contributed by atoms with Gasteiger partial charge in [0.25, 0.3) is 0 Å². The van der Waals surface area contributed by atoms with E-state index in [1.165, 1.54) is 18.2 Å². The summed E-state index contributed by atoms with van der Waals surface area (Å²) in [5.41, 5.74) is 6.46. The number of hydrogen-bond donors (Lipinski definition) is 2. The fraction of sp³-hybridized carbons (Fsp3) is 0.655. The summed E-state index contributed by atoms with van der Waals surface area (Å²) in [6.07, 6.45) is -1.83. The van der Waals surface area contributed by atoms with Crippen molar-refractivity contribution in [3.63, 3.8) is 0 Å². The highest BCUT2D eigenvalue weighted by Crippen LogP contribution is 2.37. The number of ether oxygens (including phenoxy) is 5. The van der Waals surface area contributed by atoms with Gasteiger partial charge in [-0.2, -0.15) is 0 Å². The molecule has 0 heterocycles. The molecular formula is C29H45NO10. The van der Waals surface area contributed by atoms with E-state index < -0.39 is 48.2 Å². The third-order valence-electron chi connectivity index (χ3n) is 6.03. The van der Waals surface area contributed by atoms with Crippen LogP contribution in [0.1, 0.15) is 79.7 Å². The Morgan fingerprint density at radius 2 is 1.32 bits per heavy atom. The molecule has 0 bridgehead atoms. The van der Waals surface area contributed by atoms with Crippen molar-refractivity contribution in [2.75, 3.05) is 13.2 Å². The van der Waals surface area contributed by atoms with Crippen molar-refractivity contribution >= 4 is 24.2 Å². The third-order valence-corrected chi connectivity index (χ3v) is 6.03. The average Bonchev–Trinajstić information content (AvgIpc) is 2.86. The Balaban J connectivity index is 3.37. The molecule has 226 valence electrons. The van der Waals surface area contributed by atoms with Crippen LogP contribution in [0.4, 0.5) is 9.59 Å². The number of carbonyl (C=O) groups is 4. The minimum atomic E-state index is -1.39. The lowest BCUT2D eigenvalue weighted by atomic mass is 9.79. The van der Waals surface area contributed by atoms with Gasteiger partial charge in [0.1, 0.15) is 12.1 Å². The van der Waals surface area contributed by atoms with Gasteiger partial charge in [-0.1, -0.05) is 54.5 Å². The fourth-order valence-corrected chi connectivity index (χ4v) is 3.67. The van der Waals surface area contributed by atoms with Gasteiger partial charge in [0, 0.05) is 18.3 Å². The molecule has 1 rings (SSSR count). The Labute approximate surface area is 236 Å².